The second kappa shape index (κ2) is 7.59. The Morgan fingerprint density at radius 3 is 2.15 bits per heavy atom. The van der Waals surface area contributed by atoms with Crippen LogP contribution in [0.1, 0.15) is 37.3 Å². The van der Waals surface area contributed by atoms with Gasteiger partial charge in [0, 0.05) is 16.3 Å². The summed E-state index contributed by atoms with van der Waals surface area (Å²) in [5.74, 6) is 0. The number of benzene rings is 4. The third-order valence-corrected chi connectivity index (χ3v) is 6.90. The topological polar surface area (TPSA) is 23.4 Å². The van der Waals surface area contributed by atoms with Crippen molar-refractivity contribution < 1.29 is 18.9 Å². The first-order chi connectivity index (χ1) is 19.3. The zero-order chi connectivity index (χ0) is 29.6. The van der Waals surface area contributed by atoms with Crippen molar-refractivity contribution in [2.24, 2.45) is 0 Å². The SMILES string of the molecule is [2H]c1c([2H])c([2H])c2c(c1[2H])c1c([2H])c(B3OC(C)(C)C(C)(C)O3)c([2H])c([2H])c1n2-c1ccccc1-c1ccccc1. The molecule has 168 valence electrons. The van der Waals surface area contributed by atoms with Gasteiger partial charge in [-0.1, -0.05) is 78.7 Å². The summed E-state index contributed by atoms with van der Waals surface area (Å²) in [6, 6.07) is 14.9. The summed E-state index contributed by atoms with van der Waals surface area (Å²) < 4.78 is 76.2. The van der Waals surface area contributed by atoms with Gasteiger partial charge in [0.1, 0.15) is 0 Å². The largest absolute Gasteiger partial charge is 0.494 e. The fourth-order valence-electron chi connectivity index (χ4n) is 4.38. The molecule has 0 unspecified atom stereocenters. The van der Waals surface area contributed by atoms with Crippen LogP contribution in [0.3, 0.4) is 0 Å². The first kappa shape index (κ1) is 14.8. The van der Waals surface area contributed by atoms with Crippen molar-refractivity contribution in [3.8, 4) is 16.8 Å². The molecule has 2 heterocycles. The van der Waals surface area contributed by atoms with Crippen molar-refractivity contribution in [1.82, 2.24) is 4.57 Å². The summed E-state index contributed by atoms with van der Waals surface area (Å²) in [6.07, 6.45) is 0. The molecule has 0 amide bonds. The van der Waals surface area contributed by atoms with E-state index in [1.165, 1.54) is 0 Å². The van der Waals surface area contributed by atoms with Crippen molar-refractivity contribution in [3.05, 3.63) is 96.9 Å². The van der Waals surface area contributed by atoms with Crippen LogP contribution in [0.2, 0.25) is 0 Å². The number of hydrogen-bond acceptors (Lipinski definition) is 2. The van der Waals surface area contributed by atoms with Gasteiger partial charge in [-0.05, 0) is 56.9 Å². The molecular formula is C30H28BNO2. The molecule has 0 saturated carbocycles. The Bertz CT molecular complexity index is 1870. The van der Waals surface area contributed by atoms with Crippen LogP contribution in [-0.2, 0) is 9.31 Å². The van der Waals surface area contributed by atoms with Gasteiger partial charge in [0.2, 0.25) is 0 Å². The number of aromatic nitrogens is 1. The number of para-hydroxylation sites is 2. The average Bonchev–Trinajstić information content (AvgIpc) is 3.40. The molecule has 1 aliphatic rings. The lowest BCUT2D eigenvalue weighted by atomic mass is 9.78. The molecule has 34 heavy (non-hydrogen) atoms. The van der Waals surface area contributed by atoms with Crippen LogP contribution in [0.4, 0.5) is 0 Å². The highest BCUT2D eigenvalue weighted by molar-refractivity contribution is 6.62. The summed E-state index contributed by atoms with van der Waals surface area (Å²) in [4.78, 5) is 0. The number of nitrogens with zero attached hydrogens (tertiary/aromatic N) is 1. The molecule has 1 fully saturated rings. The summed E-state index contributed by atoms with van der Waals surface area (Å²) in [7, 11) is -1.10. The molecule has 0 radical (unpaired) electrons. The van der Waals surface area contributed by atoms with Gasteiger partial charge >= 0.3 is 7.12 Å². The summed E-state index contributed by atoms with van der Waals surface area (Å²) in [5.41, 5.74) is 1.07. The Labute approximate surface area is 210 Å². The van der Waals surface area contributed by atoms with E-state index >= 15 is 0 Å². The minimum absolute atomic E-state index is 0.0592. The standard InChI is InChI=1S/C30H28BNO2/c1-29(2)30(3,4)34-31(33-29)22-18-19-28-25(20-22)24-15-9-11-17-27(24)32(28)26-16-10-8-14-23(26)21-12-6-5-7-13-21/h5-20H,1-4H3/i9D,11D,15D,17D,18D,19D,20D. The maximum Gasteiger partial charge on any atom is 0.494 e. The van der Waals surface area contributed by atoms with Gasteiger partial charge in [-0.3, -0.25) is 0 Å². The van der Waals surface area contributed by atoms with Crippen molar-refractivity contribution in [1.29, 1.82) is 0 Å². The fraction of sp³-hybridized carbons (Fsp3) is 0.200. The number of rotatable bonds is 3. The van der Waals surface area contributed by atoms with Crippen LogP contribution in [0.25, 0.3) is 38.6 Å². The van der Waals surface area contributed by atoms with Gasteiger partial charge in [0.05, 0.1) is 37.5 Å². The predicted octanol–water partition coefficient (Wildman–Crippen LogP) is 6.75. The quantitative estimate of drug-likeness (QED) is 0.283. The van der Waals surface area contributed by atoms with Gasteiger partial charge in [0.15, 0.2) is 0 Å². The molecular weight excluding hydrogens is 417 g/mol. The third-order valence-electron chi connectivity index (χ3n) is 6.90. The van der Waals surface area contributed by atoms with Crippen molar-refractivity contribution in [3.63, 3.8) is 0 Å². The minimum atomic E-state index is -1.10. The maximum absolute atomic E-state index is 9.34. The van der Waals surface area contributed by atoms with E-state index < -0.39 is 30.4 Å². The Balaban J connectivity index is 1.80. The van der Waals surface area contributed by atoms with E-state index in [0.29, 0.717) is 5.69 Å². The van der Waals surface area contributed by atoms with Crippen LogP contribution >= 0.6 is 0 Å². The van der Waals surface area contributed by atoms with Crippen molar-refractivity contribution in [2.45, 2.75) is 38.9 Å². The van der Waals surface area contributed by atoms with Crippen LogP contribution < -0.4 is 5.46 Å². The van der Waals surface area contributed by atoms with E-state index in [2.05, 4.69) is 0 Å². The van der Waals surface area contributed by atoms with Gasteiger partial charge in [-0.25, -0.2) is 0 Å². The average molecular weight is 452 g/mol. The molecule has 6 rings (SSSR count). The lowest BCUT2D eigenvalue weighted by Crippen LogP contribution is -2.41. The van der Waals surface area contributed by atoms with Crippen LogP contribution in [0, 0.1) is 0 Å². The van der Waals surface area contributed by atoms with E-state index in [0.717, 1.165) is 11.1 Å². The van der Waals surface area contributed by atoms with Crippen molar-refractivity contribution in [2.75, 3.05) is 0 Å². The molecule has 0 spiro atoms. The first-order valence-corrected chi connectivity index (χ1v) is 11.3. The molecule has 1 aliphatic heterocycles. The van der Waals surface area contributed by atoms with Gasteiger partial charge in [-0.15, -0.1) is 0 Å². The van der Waals surface area contributed by atoms with E-state index in [9.17, 15) is 2.74 Å². The van der Waals surface area contributed by atoms with E-state index in [1.807, 2.05) is 82.3 Å². The van der Waals surface area contributed by atoms with E-state index in [-0.39, 0.29) is 57.5 Å². The Kier molecular flexibility index (Phi) is 3.31. The zero-order valence-corrected chi connectivity index (χ0v) is 19.5. The van der Waals surface area contributed by atoms with Crippen LogP contribution in [-0.4, -0.2) is 22.9 Å². The molecule has 0 bridgehead atoms. The van der Waals surface area contributed by atoms with Crippen LogP contribution in [0.15, 0.2) is 96.9 Å². The minimum Gasteiger partial charge on any atom is -0.399 e. The lowest BCUT2D eigenvalue weighted by molar-refractivity contribution is 0.00578. The monoisotopic (exact) mass is 452 g/mol. The first-order valence-electron chi connectivity index (χ1n) is 14.8. The number of hydrogen-bond donors (Lipinski definition) is 0. The normalized spacial score (nSPS) is 19.9. The molecule has 4 heteroatoms. The number of fused-ring (bicyclic) bond motifs is 3. The van der Waals surface area contributed by atoms with Gasteiger partial charge < -0.3 is 13.9 Å². The molecule has 0 N–H and O–H groups in total. The second-order valence-electron chi connectivity index (χ2n) is 9.54. The highest BCUT2D eigenvalue weighted by Crippen LogP contribution is 2.38. The fourth-order valence-corrected chi connectivity index (χ4v) is 4.38. The highest BCUT2D eigenvalue weighted by Gasteiger charge is 2.51. The second-order valence-corrected chi connectivity index (χ2v) is 9.54. The smallest absolute Gasteiger partial charge is 0.399 e. The van der Waals surface area contributed by atoms with Crippen LogP contribution in [0.5, 0.6) is 0 Å². The predicted molar refractivity (Wildman–Crippen MR) is 142 cm³/mol. The zero-order valence-electron chi connectivity index (χ0n) is 26.5. The maximum atomic E-state index is 9.34. The molecule has 5 aromatic rings. The lowest BCUT2D eigenvalue weighted by Gasteiger charge is -2.32. The molecule has 1 aromatic heterocycles. The molecule has 3 nitrogen and oxygen atoms in total. The third kappa shape index (κ3) is 3.21. The van der Waals surface area contributed by atoms with Gasteiger partial charge in [-0.2, -0.15) is 0 Å². The summed E-state index contributed by atoms with van der Waals surface area (Å²) in [6.45, 7) is 7.46. The molecule has 4 aromatic carbocycles. The Morgan fingerprint density at radius 1 is 0.735 bits per heavy atom. The molecule has 0 aliphatic carbocycles. The summed E-state index contributed by atoms with van der Waals surface area (Å²) >= 11 is 0. The van der Waals surface area contributed by atoms with Gasteiger partial charge in [0.25, 0.3) is 0 Å². The van der Waals surface area contributed by atoms with Crippen molar-refractivity contribution >= 4 is 34.4 Å². The van der Waals surface area contributed by atoms with E-state index in [1.54, 1.807) is 4.57 Å². The van der Waals surface area contributed by atoms with E-state index in [4.69, 9.17) is 16.2 Å². The Hall–Kier alpha value is -3.34. The Morgan fingerprint density at radius 2 is 1.38 bits per heavy atom. The molecule has 1 saturated heterocycles. The summed E-state index contributed by atoms with van der Waals surface area (Å²) in [5, 5.41) is 0.269. The highest BCUT2D eigenvalue weighted by atomic mass is 16.7. The molecule has 0 atom stereocenters.